The summed E-state index contributed by atoms with van der Waals surface area (Å²) in [5.41, 5.74) is 0.612. The highest BCUT2D eigenvalue weighted by Crippen LogP contribution is 2.54. The van der Waals surface area contributed by atoms with Crippen LogP contribution in [0.5, 0.6) is 0 Å². The van der Waals surface area contributed by atoms with Gasteiger partial charge in [-0.25, -0.2) is 0 Å². The van der Waals surface area contributed by atoms with Crippen molar-refractivity contribution in [3.63, 3.8) is 0 Å². The van der Waals surface area contributed by atoms with Crippen LogP contribution in [-0.4, -0.2) is 47.8 Å². The van der Waals surface area contributed by atoms with Crippen molar-refractivity contribution < 1.29 is 23.9 Å². The molecule has 5 rings (SSSR count). The molecule has 0 saturated carbocycles. The molecule has 1 N–H and O–H groups in total. The summed E-state index contributed by atoms with van der Waals surface area (Å²) in [7, 11) is 0. The first-order valence-electron chi connectivity index (χ1n) is 11.1. The predicted molar refractivity (Wildman–Crippen MR) is 119 cm³/mol. The third kappa shape index (κ3) is 3.01. The lowest BCUT2D eigenvalue weighted by Gasteiger charge is -2.30. The topological polar surface area (TPSA) is 96.0 Å². The first-order valence-corrected chi connectivity index (χ1v) is 11.1. The van der Waals surface area contributed by atoms with Gasteiger partial charge in [-0.3, -0.25) is 34.3 Å². The lowest BCUT2D eigenvalue weighted by Crippen LogP contribution is -2.55. The molecule has 3 heterocycles. The summed E-state index contributed by atoms with van der Waals surface area (Å²) in [5.74, 6) is -3.13. The molecule has 2 aromatic rings. The molecule has 3 aliphatic heterocycles. The van der Waals surface area contributed by atoms with Gasteiger partial charge in [0.2, 0.25) is 11.8 Å². The Morgan fingerprint density at radius 3 is 2.42 bits per heavy atom. The Morgan fingerprint density at radius 1 is 1.00 bits per heavy atom. The number of nitrogens with one attached hydrogen (secondary N) is 1. The number of fused-ring (bicyclic) bond motifs is 4. The maximum absolute atomic E-state index is 13.9. The van der Waals surface area contributed by atoms with Gasteiger partial charge in [0.15, 0.2) is 0 Å². The van der Waals surface area contributed by atoms with Crippen LogP contribution >= 0.6 is 0 Å². The van der Waals surface area contributed by atoms with Crippen molar-refractivity contribution in [2.75, 3.05) is 18.1 Å². The van der Waals surface area contributed by atoms with E-state index in [1.165, 1.54) is 9.80 Å². The molecule has 3 aliphatic rings. The normalized spacial score (nSPS) is 27.9. The standard InChI is InChI=1S/C25H25N3O5/c1-3-33-19(29)14-27-18-12-8-7-11-17(18)25(24(27)32)21-20(15(2)26-25)22(30)28(23(21)31)13-16-9-5-4-6-10-16/h4-12,15,20-21,26H,3,13-14H2,1-2H3/t15-,20+,21+,25-/m0/s1. The van der Waals surface area contributed by atoms with Crippen molar-refractivity contribution >= 4 is 29.4 Å². The molecule has 0 aliphatic carbocycles. The van der Waals surface area contributed by atoms with E-state index in [2.05, 4.69) is 5.32 Å². The number of hydrogen-bond donors (Lipinski definition) is 1. The zero-order valence-electron chi connectivity index (χ0n) is 18.5. The number of esters is 1. The molecule has 1 spiro atoms. The van der Waals surface area contributed by atoms with E-state index in [0.29, 0.717) is 11.3 Å². The highest BCUT2D eigenvalue weighted by atomic mass is 16.5. The van der Waals surface area contributed by atoms with Gasteiger partial charge < -0.3 is 4.74 Å². The van der Waals surface area contributed by atoms with E-state index >= 15 is 0 Å². The van der Waals surface area contributed by atoms with E-state index in [-0.39, 0.29) is 31.5 Å². The summed E-state index contributed by atoms with van der Waals surface area (Å²) >= 11 is 0. The number of nitrogens with zero attached hydrogens (tertiary/aromatic N) is 2. The van der Waals surface area contributed by atoms with Crippen molar-refractivity contribution in [3.05, 3.63) is 65.7 Å². The Kier molecular flexibility index (Phi) is 5.05. The van der Waals surface area contributed by atoms with E-state index in [4.69, 9.17) is 4.74 Å². The van der Waals surface area contributed by atoms with Crippen molar-refractivity contribution in [2.45, 2.75) is 32.0 Å². The van der Waals surface area contributed by atoms with E-state index in [1.807, 2.05) is 37.3 Å². The Hall–Kier alpha value is -3.52. The summed E-state index contributed by atoms with van der Waals surface area (Å²) in [6.45, 7) is 3.64. The number of rotatable bonds is 5. The van der Waals surface area contributed by atoms with Gasteiger partial charge in [0.1, 0.15) is 12.1 Å². The number of hydrogen-bond acceptors (Lipinski definition) is 6. The number of carbonyl (C=O) groups excluding carboxylic acids is 4. The molecule has 0 unspecified atom stereocenters. The molecule has 0 radical (unpaired) electrons. The SMILES string of the molecule is CCOC(=O)CN1C(=O)[C@]2(N[C@@H](C)[C@H]3C(=O)N(Cc4ccccc4)C(=O)[C@@H]32)c2ccccc21. The van der Waals surface area contributed by atoms with Gasteiger partial charge in [-0.15, -0.1) is 0 Å². The lowest BCUT2D eigenvalue weighted by molar-refractivity contribution is -0.144. The van der Waals surface area contributed by atoms with Crippen LogP contribution in [0, 0.1) is 11.8 Å². The molecule has 0 aromatic heterocycles. The molecular weight excluding hydrogens is 422 g/mol. The fourth-order valence-electron chi connectivity index (χ4n) is 5.58. The highest BCUT2D eigenvalue weighted by Gasteiger charge is 2.70. The third-order valence-electron chi connectivity index (χ3n) is 6.88. The number of likely N-dealkylation sites (tertiary alicyclic amines) is 1. The summed E-state index contributed by atoms with van der Waals surface area (Å²) in [5, 5.41) is 3.31. The van der Waals surface area contributed by atoms with Crippen molar-refractivity contribution in [3.8, 4) is 0 Å². The zero-order valence-corrected chi connectivity index (χ0v) is 18.5. The van der Waals surface area contributed by atoms with Crippen LogP contribution in [0.25, 0.3) is 0 Å². The maximum atomic E-state index is 13.9. The van der Waals surface area contributed by atoms with Crippen LogP contribution in [0.3, 0.4) is 0 Å². The van der Waals surface area contributed by atoms with Crippen LogP contribution in [0.2, 0.25) is 0 Å². The average molecular weight is 447 g/mol. The predicted octanol–water partition coefficient (Wildman–Crippen LogP) is 1.58. The minimum absolute atomic E-state index is 0.163. The molecule has 4 atom stereocenters. The molecule has 170 valence electrons. The highest BCUT2D eigenvalue weighted by molar-refractivity contribution is 6.16. The number of carbonyl (C=O) groups is 4. The molecule has 8 nitrogen and oxygen atoms in total. The van der Waals surface area contributed by atoms with Crippen LogP contribution in [0.4, 0.5) is 5.69 Å². The van der Waals surface area contributed by atoms with Gasteiger partial charge in [0, 0.05) is 17.3 Å². The summed E-state index contributed by atoms with van der Waals surface area (Å²) < 4.78 is 5.07. The molecule has 8 heteroatoms. The monoisotopic (exact) mass is 447 g/mol. The van der Waals surface area contributed by atoms with Crippen molar-refractivity contribution in [1.29, 1.82) is 0 Å². The lowest BCUT2D eigenvalue weighted by atomic mass is 9.76. The molecule has 3 amide bonds. The molecular formula is C25H25N3O5. The number of imide groups is 1. The maximum Gasteiger partial charge on any atom is 0.326 e. The number of anilines is 1. The fourth-order valence-corrected chi connectivity index (χ4v) is 5.58. The Bertz CT molecular complexity index is 1150. The van der Waals surface area contributed by atoms with Gasteiger partial charge >= 0.3 is 5.97 Å². The quantitative estimate of drug-likeness (QED) is 0.552. The first-order chi connectivity index (χ1) is 15.9. The van der Waals surface area contributed by atoms with E-state index in [0.717, 1.165) is 5.56 Å². The summed E-state index contributed by atoms with van der Waals surface area (Å²) in [6, 6.07) is 16.0. The van der Waals surface area contributed by atoms with Crippen molar-refractivity contribution in [1.82, 2.24) is 10.2 Å². The molecule has 2 saturated heterocycles. The van der Waals surface area contributed by atoms with Gasteiger partial charge in [-0.1, -0.05) is 48.5 Å². The van der Waals surface area contributed by atoms with Crippen LogP contribution in [0.15, 0.2) is 54.6 Å². The van der Waals surface area contributed by atoms with Gasteiger partial charge in [-0.05, 0) is 25.5 Å². The fraction of sp³-hybridized carbons (Fsp3) is 0.360. The molecule has 33 heavy (non-hydrogen) atoms. The molecule has 0 bridgehead atoms. The van der Waals surface area contributed by atoms with Crippen molar-refractivity contribution in [2.24, 2.45) is 11.8 Å². The van der Waals surface area contributed by atoms with Gasteiger partial charge in [0.25, 0.3) is 5.91 Å². The summed E-state index contributed by atoms with van der Waals surface area (Å²) in [4.78, 5) is 55.9. The molecule has 2 fully saturated rings. The third-order valence-corrected chi connectivity index (χ3v) is 6.88. The number of ether oxygens (including phenoxy) is 1. The largest absolute Gasteiger partial charge is 0.465 e. The zero-order chi connectivity index (χ0) is 23.3. The second-order valence-corrected chi connectivity index (χ2v) is 8.71. The molecule has 2 aromatic carbocycles. The van der Waals surface area contributed by atoms with Gasteiger partial charge in [0.05, 0.1) is 25.0 Å². The number of benzene rings is 2. The second kappa shape index (κ2) is 7.81. The smallest absolute Gasteiger partial charge is 0.326 e. The Labute approximate surface area is 191 Å². The first kappa shape index (κ1) is 21.3. The summed E-state index contributed by atoms with van der Waals surface area (Å²) in [6.07, 6.45) is 0. The average Bonchev–Trinajstić information content (AvgIpc) is 3.34. The van der Waals surface area contributed by atoms with Crippen LogP contribution in [0.1, 0.15) is 25.0 Å². The van der Waals surface area contributed by atoms with Crippen LogP contribution < -0.4 is 10.2 Å². The van der Waals surface area contributed by atoms with E-state index in [9.17, 15) is 19.2 Å². The van der Waals surface area contributed by atoms with Crippen LogP contribution in [-0.2, 0) is 36.0 Å². The van der Waals surface area contributed by atoms with Gasteiger partial charge in [-0.2, -0.15) is 0 Å². The Morgan fingerprint density at radius 2 is 1.70 bits per heavy atom. The minimum atomic E-state index is -1.40. The minimum Gasteiger partial charge on any atom is -0.465 e. The Balaban J connectivity index is 1.56. The second-order valence-electron chi connectivity index (χ2n) is 8.71. The van der Waals surface area contributed by atoms with E-state index < -0.39 is 35.3 Å². The van der Waals surface area contributed by atoms with E-state index in [1.54, 1.807) is 31.2 Å². The number of para-hydroxylation sites is 1. The number of amides is 3.